The van der Waals surface area contributed by atoms with Crippen LogP contribution < -0.4 is 22.1 Å². The van der Waals surface area contributed by atoms with Gasteiger partial charge in [-0.2, -0.15) is 0 Å². The standard InChI is InChI=1S/C15H30N4O4/c1-4-9(2)12(17)14(21)18-10(3)13(20)19-11(15(22)23)7-5-6-8-16/h9-12H,4-8,16-17H2,1-3H3,(H,18,21)(H,19,20)(H,22,23)/t9-,10-,11-,12-/m0/s1. The largest absolute Gasteiger partial charge is 0.480 e. The number of carboxylic acids is 1. The number of nitrogens with two attached hydrogens (primary N) is 2. The number of carbonyl (C=O) groups excluding carboxylic acids is 2. The zero-order valence-electron chi connectivity index (χ0n) is 14.2. The van der Waals surface area contributed by atoms with Crippen LogP contribution in [0.1, 0.15) is 46.5 Å². The minimum Gasteiger partial charge on any atom is -0.480 e. The SMILES string of the molecule is CC[C@H](C)[C@H](N)C(=O)N[C@@H](C)C(=O)N[C@@H](CCCCN)C(=O)O. The molecule has 0 aromatic carbocycles. The van der Waals surface area contributed by atoms with Crippen LogP contribution in [0.2, 0.25) is 0 Å². The van der Waals surface area contributed by atoms with Crippen molar-refractivity contribution in [1.82, 2.24) is 10.6 Å². The molecule has 0 saturated carbocycles. The van der Waals surface area contributed by atoms with Crippen molar-refractivity contribution in [3.8, 4) is 0 Å². The summed E-state index contributed by atoms with van der Waals surface area (Å²) in [7, 11) is 0. The van der Waals surface area contributed by atoms with Crippen molar-refractivity contribution in [2.75, 3.05) is 6.54 Å². The summed E-state index contributed by atoms with van der Waals surface area (Å²) in [6.45, 7) is 5.75. The number of rotatable bonds is 11. The van der Waals surface area contributed by atoms with Crippen molar-refractivity contribution in [3.63, 3.8) is 0 Å². The fraction of sp³-hybridized carbons (Fsp3) is 0.800. The maximum atomic E-state index is 12.0. The van der Waals surface area contributed by atoms with Crippen molar-refractivity contribution in [2.24, 2.45) is 17.4 Å². The quantitative estimate of drug-likeness (QED) is 0.324. The highest BCUT2D eigenvalue weighted by atomic mass is 16.4. The van der Waals surface area contributed by atoms with E-state index < -0.39 is 35.9 Å². The number of unbranched alkanes of at least 4 members (excludes halogenated alkanes) is 1. The molecule has 8 nitrogen and oxygen atoms in total. The molecule has 0 spiro atoms. The molecule has 0 bridgehead atoms. The second-order valence-corrected chi connectivity index (χ2v) is 5.83. The Bertz CT molecular complexity index is 403. The second kappa shape index (κ2) is 11.0. The van der Waals surface area contributed by atoms with E-state index in [1.165, 1.54) is 6.92 Å². The molecule has 134 valence electrons. The van der Waals surface area contributed by atoms with Gasteiger partial charge in [0.1, 0.15) is 12.1 Å². The van der Waals surface area contributed by atoms with Crippen LogP contribution in [0, 0.1) is 5.92 Å². The molecule has 0 aromatic heterocycles. The molecular formula is C15H30N4O4. The van der Waals surface area contributed by atoms with Gasteiger partial charge in [0.15, 0.2) is 0 Å². The van der Waals surface area contributed by atoms with Gasteiger partial charge in [0, 0.05) is 0 Å². The van der Waals surface area contributed by atoms with Crippen molar-refractivity contribution < 1.29 is 19.5 Å². The van der Waals surface area contributed by atoms with Gasteiger partial charge in [-0.25, -0.2) is 4.79 Å². The van der Waals surface area contributed by atoms with Crippen LogP contribution in [0.15, 0.2) is 0 Å². The van der Waals surface area contributed by atoms with Gasteiger partial charge in [-0.05, 0) is 38.6 Å². The Morgan fingerprint density at radius 2 is 1.70 bits per heavy atom. The van der Waals surface area contributed by atoms with Gasteiger partial charge < -0.3 is 27.2 Å². The fourth-order valence-corrected chi connectivity index (χ4v) is 1.93. The fourth-order valence-electron chi connectivity index (χ4n) is 1.93. The summed E-state index contributed by atoms with van der Waals surface area (Å²) in [5.41, 5.74) is 11.2. The minimum atomic E-state index is -1.11. The molecule has 0 heterocycles. The molecule has 23 heavy (non-hydrogen) atoms. The minimum absolute atomic E-state index is 0.00621. The van der Waals surface area contributed by atoms with E-state index in [2.05, 4.69) is 10.6 Å². The summed E-state index contributed by atoms with van der Waals surface area (Å²) < 4.78 is 0. The highest BCUT2D eigenvalue weighted by Crippen LogP contribution is 2.06. The van der Waals surface area contributed by atoms with Crippen LogP contribution in [-0.4, -0.2) is 47.6 Å². The number of hydrogen-bond acceptors (Lipinski definition) is 5. The van der Waals surface area contributed by atoms with E-state index in [0.717, 1.165) is 6.42 Å². The van der Waals surface area contributed by atoms with Gasteiger partial charge in [-0.3, -0.25) is 9.59 Å². The van der Waals surface area contributed by atoms with E-state index in [9.17, 15) is 14.4 Å². The van der Waals surface area contributed by atoms with E-state index >= 15 is 0 Å². The summed E-state index contributed by atoms with van der Waals surface area (Å²) in [4.78, 5) is 35.1. The average molecular weight is 330 g/mol. The number of nitrogens with one attached hydrogen (secondary N) is 2. The lowest BCUT2D eigenvalue weighted by Gasteiger charge is -2.22. The third kappa shape index (κ3) is 7.94. The van der Waals surface area contributed by atoms with Gasteiger partial charge in [0.2, 0.25) is 11.8 Å². The van der Waals surface area contributed by atoms with Crippen molar-refractivity contribution >= 4 is 17.8 Å². The van der Waals surface area contributed by atoms with Crippen LogP contribution in [0.25, 0.3) is 0 Å². The molecule has 0 radical (unpaired) electrons. The third-order valence-corrected chi connectivity index (χ3v) is 3.87. The first-order valence-electron chi connectivity index (χ1n) is 8.03. The van der Waals surface area contributed by atoms with E-state index in [1.54, 1.807) is 0 Å². The van der Waals surface area contributed by atoms with Gasteiger partial charge in [0.05, 0.1) is 6.04 Å². The van der Waals surface area contributed by atoms with Gasteiger partial charge in [-0.15, -0.1) is 0 Å². The monoisotopic (exact) mass is 330 g/mol. The summed E-state index contributed by atoms with van der Waals surface area (Å²) >= 11 is 0. The van der Waals surface area contributed by atoms with Crippen LogP contribution >= 0.6 is 0 Å². The lowest BCUT2D eigenvalue weighted by atomic mass is 9.99. The highest BCUT2D eigenvalue weighted by molar-refractivity contribution is 5.91. The summed E-state index contributed by atoms with van der Waals surface area (Å²) in [6, 6.07) is -2.54. The molecule has 0 aromatic rings. The molecule has 4 atom stereocenters. The molecule has 2 amide bonds. The molecule has 0 aliphatic heterocycles. The molecule has 0 aliphatic carbocycles. The zero-order chi connectivity index (χ0) is 18.0. The Labute approximate surface area is 137 Å². The Hall–Kier alpha value is -1.67. The first-order chi connectivity index (χ1) is 10.7. The number of carbonyl (C=O) groups is 3. The van der Waals surface area contributed by atoms with Crippen LogP contribution in [0.5, 0.6) is 0 Å². The Balaban J connectivity index is 4.51. The predicted octanol–water partition coefficient (Wildman–Crippen LogP) is -0.437. The van der Waals surface area contributed by atoms with Gasteiger partial charge >= 0.3 is 5.97 Å². The third-order valence-electron chi connectivity index (χ3n) is 3.87. The van der Waals surface area contributed by atoms with Gasteiger partial charge in [-0.1, -0.05) is 20.3 Å². The first-order valence-corrected chi connectivity index (χ1v) is 8.03. The summed E-state index contributed by atoms with van der Waals surface area (Å²) in [6.07, 6.45) is 2.34. The lowest BCUT2D eigenvalue weighted by Crippen LogP contribution is -2.54. The van der Waals surface area contributed by atoms with Gasteiger partial charge in [0.25, 0.3) is 0 Å². The average Bonchev–Trinajstić information content (AvgIpc) is 2.51. The molecule has 0 aliphatic rings. The van der Waals surface area contributed by atoms with Crippen molar-refractivity contribution in [3.05, 3.63) is 0 Å². The summed E-state index contributed by atoms with van der Waals surface area (Å²) in [5.74, 6) is -2.08. The second-order valence-electron chi connectivity index (χ2n) is 5.83. The Morgan fingerprint density at radius 3 is 2.17 bits per heavy atom. The zero-order valence-corrected chi connectivity index (χ0v) is 14.2. The van der Waals surface area contributed by atoms with Crippen LogP contribution in [0.4, 0.5) is 0 Å². The molecular weight excluding hydrogens is 300 g/mol. The molecule has 8 heteroatoms. The maximum absolute atomic E-state index is 12.0. The highest BCUT2D eigenvalue weighted by Gasteiger charge is 2.26. The van der Waals surface area contributed by atoms with E-state index in [4.69, 9.17) is 16.6 Å². The number of carboxylic acid groups (broad SMARTS) is 1. The van der Waals surface area contributed by atoms with Crippen molar-refractivity contribution in [1.29, 1.82) is 0 Å². The summed E-state index contributed by atoms with van der Waals surface area (Å²) in [5, 5.41) is 14.1. The first kappa shape index (κ1) is 21.3. The predicted molar refractivity (Wildman–Crippen MR) is 87.5 cm³/mol. The van der Waals surface area contributed by atoms with E-state index in [1.807, 2.05) is 13.8 Å². The topological polar surface area (TPSA) is 148 Å². The molecule has 0 fully saturated rings. The molecule has 0 unspecified atom stereocenters. The molecule has 0 saturated heterocycles. The molecule has 0 rings (SSSR count). The van der Waals surface area contributed by atoms with E-state index in [0.29, 0.717) is 25.8 Å². The van der Waals surface area contributed by atoms with Crippen LogP contribution in [-0.2, 0) is 14.4 Å². The van der Waals surface area contributed by atoms with Crippen molar-refractivity contribution in [2.45, 2.75) is 64.6 Å². The normalized spacial score (nSPS) is 16.0. The Morgan fingerprint density at radius 1 is 1.09 bits per heavy atom. The number of aliphatic carboxylic acids is 1. The smallest absolute Gasteiger partial charge is 0.326 e. The Kier molecular flexibility index (Phi) is 10.2. The van der Waals surface area contributed by atoms with Crippen LogP contribution in [0.3, 0.4) is 0 Å². The maximum Gasteiger partial charge on any atom is 0.326 e. The number of hydrogen-bond donors (Lipinski definition) is 5. The molecule has 7 N–H and O–H groups in total. The number of amides is 2. The van der Waals surface area contributed by atoms with E-state index in [-0.39, 0.29) is 5.92 Å². The lowest BCUT2D eigenvalue weighted by molar-refractivity contribution is -0.142.